The van der Waals surface area contributed by atoms with E-state index in [0.717, 1.165) is 44.3 Å². The number of amides is 1. The van der Waals surface area contributed by atoms with Crippen molar-refractivity contribution in [3.05, 3.63) is 245 Å². The number of fused-ring (bicyclic) bond motifs is 3. The fraction of sp³-hybridized carbons (Fsp3) is 0.147. The van der Waals surface area contributed by atoms with Gasteiger partial charge in [-0.2, -0.15) is 0 Å². The second kappa shape index (κ2) is 31.0. The number of aliphatic hydroxyl groups excluding tert-OH is 1. The number of aryl methyl sites for hydroxylation is 1. The normalized spacial score (nSPS) is 11.0. The predicted molar refractivity (Wildman–Crippen MR) is 351 cm³/mol. The minimum Gasteiger partial charge on any atom is -0.493 e. The van der Waals surface area contributed by atoms with Crippen molar-refractivity contribution in [3.63, 3.8) is 0 Å². The van der Waals surface area contributed by atoms with Gasteiger partial charge in [0.2, 0.25) is 0 Å². The molecule has 1 atom stereocenters. The molecular weight excluding hydrogens is 1340 g/mol. The van der Waals surface area contributed by atoms with Gasteiger partial charge in [-0.25, -0.2) is 26.9 Å². The Labute approximate surface area is 545 Å². The van der Waals surface area contributed by atoms with Crippen LogP contribution < -0.4 is 50.7 Å². The number of benzene rings is 7. The molecule has 0 saturated carbocycles. The second-order valence-corrected chi connectivity index (χ2v) is 21.6. The maximum absolute atomic E-state index is 15.3. The lowest BCUT2D eigenvalue weighted by molar-refractivity contribution is 0.102. The third kappa shape index (κ3) is 15.6. The number of hydrogen-bond donors (Lipinski definition) is 3. The molecule has 4 aromatic heterocycles. The van der Waals surface area contributed by atoms with E-state index in [1.807, 2.05) is 25.1 Å². The summed E-state index contributed by atoms with van der Waals surface area (Å²) in [5.41, 5.74) is 6.47. The number of nitrogens with zero attached hydrogens (tertiary/aromatic N) is 5. The Morgan fingerprint density at radius 2 is 1.14 bits per heavy atom. The fourth-order valence-electron chi connectivity index (χ4n) is 9.47. The Kier molecular flexibility index (Phi) is 22.8. The van der Waals surface area contributed by atoms with Crippen molar-refractivity contribution in [2.75, 3.05) is 53.7 Å². The Hall–Kier alpha value is -10.5. The molecule has 0 aliphatic rings. The minimum absolute atomic E-state index is 0.0315. The summed E-state index contributed by atoms with van der Waals surface area (Å²) in [7, 11) is 9.21. The zero-order valence-electron chi connectivity index (χ0n) is 50.6. The van der Waals surface area contributed by atoms with Crippen LogP contribution in [-0.4, -0.2) is 89.8 Å². The molecule has 4 heterocycles. The highest BCUT2D eigenvalue weighted by Crippen LogP contribution is 2.38. The predicted octanol–water partition coefficient (Wildman–Crippen LogP) is 13.2. The third-order valence-electron chi connectivity index (χ3n) is 14.1. The molecule has 19 nitrogen and oxygen atoms in total. The molecule has 11 rings (SSSR count). The number of halogens is 6. The van der Waals surface area contributed by atoms with Gasteiger partial charge in [-0.05, 0) is 121 Å². The van der Waals surface area contributed by atoms with Crippen molar-refractivity contribution >= 4 is 93.9 Å². The summed E-state index contributed by atoms with van der Waals surface area (Å²) in [6.45, 7) is 2.02. The van der Waals surface area contributed by atoms with Gasteiger partial charge >= 0.3 is 5.69 Å². The van der Waals surface area contributed by atoms with E-state index in [-0.39, 0.29) is 40.2 Å². The number of ether oxygens (including phenoxy) is 6. The smallest absolute Gasteiger partial charge is 0.335 e. The van der Waals surface area contributed by atoms with Crippen molar-refractivity contribution in [2.45, 2.75) is 26.0 Å². The van der Waals surface area contributed by atoms with Gasteiger partial charge in [0, 0.05) is 97.1 Å². The van der Waals surface area contributed by atoms with Crippen molar-refractivity contribution in [1.82, 2.24) is 24.1 Å². The first-order valence-corrected chi connectivity index (χ1v) is 29.4. The lowest BCUT2D eigenvalue weighted by Gasteiger charge is -2.16. The van der Waals surface area contributed by atoms with Gasteiger partial charge in [-0.3, -0.25) is 38.7 Å². The number of rotatable bonds is 16. The average Bonchev–Trinajstić information content (AvgIpc) is 0.820. The summed E-state index contributed by atoms with van der Waals surface area (Å²) in [4.78, 5) is 75.8. The number of nitrogens with one attached hydrogen (secondary N) is 1. The number of aldehydes is 1. The van der Waals surface area contributed by atoms with E-state index in [9.17, 15) is 42.3 Å². The average molecular weight is 1400 g/mol. The topological polar surface area (TPSA) is 248 Å². The van der Waals surface area contributed by atoms with E-state index in [1.165, 1.54) is 93.8 Å². The second-order valence-electron chi connectivity index (χ2n) is 19.8. The molecule has 93 heavy (non-hydrogen) atoms. The molecule has 11 aromatic rings. The molecule has 4 N–H and O–H groups in total. The Balaban J connectivity index is 0.000000187. The van der Waals surface area contributed by atoms with Crippen LogP contribution in [0.4, 0.5) is 28.9 Å². The maximum atomic E-state index is 15.3. The molecule has 0 radical (unpaired) electrons. The van der Waals surface area contributed by atoms with Crippen LogP contribution in [-0.2, 0) is 6.54 Å². The summed E-state index contributed by atoms with van der Waals surface area (Å²) >= 11 is 6.54. The van der Waals surface area contributed by atoms with Crippen molar-refractivity contribution in [2.24, 2.45) is 0 Å². The highest BCUT2D eigenvalue weighted by molar-refractivity contribution is 9.11. The largest absolute Gasteiger partial charge is 0.493 e. The van der Waals surface area contributed by atoms with Crippen LogP contribution in [0.2, 0.25) is 0 Å². The molecule has 0 bridgehead atoms. The van der Waals surface area contributed by atoms with E-state index in [4.69, 9.17) is 34.2 Å². The van der Waals surface area contributed by atoms with Crippen LogP contribution in [0.5, 0.6) is 34.5 Å². The highest BCUT2D eigenvalue weighted by atomic mass is 79.9. The molecule has 1 unspecified atom stereocenters. The number of carbonyl (C=O) groups excluding carboxylic acids is 3. The number of nitrogen functional groups attached to an aromatic ring is 1. The molecule has 1 amide bonds. The van der Waals surface area contributed by atoms with Gasteiger partial charge in [0.1, 0.15) is 34.9 Å². The number of anilines is 2. The van der Waals surface area contributed by atoms with Gasteiger partial charge in [-0.15, -0.1) is 0 Å². The number of aromatic nitrogens is 5. The number of methoxy groups -OCH3 is 6. The van der Waals surface area contributed by atoms with Crippen LogP contribution in [0.15, 0.2) is 177 Å². The summed E-state index contributed by atoms with van der Waals surface area (Å²) in [6, 6.07) is 32.1. The van der Waals surface area contributed by atoms with Crippen LogP contribution >= 0.6 is 31.9 Å². The van der Waals surface area contributed by atoms with Crippen LogP contribution in [0, 0.1) is 23.3 Å². The third-order valence-corrected chi connectivity index (χ3v) is 15.3. The summed E-state index contributed by atoms with van der Waals surface area (Å²) in [6.07, 6.45) is 5.72. The van der Waals surface area contributed by atoms with Gasteiger partial charge in [0.25, 0.3) is 11.5 Å². The standard InChI is InChI=1S/C32H26F2N4O6.C18H17FN2O3.C11H10BrNO2.C7H4BrFO/c1-4-13-37-17-24(31(41)38(32(37)42)20-8-5-18(33)6-9-20)30(40)36-19-7-10-22(25(34)14-19)29(39)21-11-12-35-26-16-28(44-3)27(43-2)15-23(21)26;1-23-16-8-13-11(5-6-21-15(13)9-17(16)24-2)18(22)12-4-3-10(20)7-14(12)19;1-14-10-5-7-8(12)3-4-13-9(7)6-11(10)15-2;8-6-2-1-5(4-10)7(9)3-6/h5-12,14-17H,4,13H2,1-3H3,(H,36,40);3-9,18,22H,20H2,1-2H3;3-6H,1-2H3;1-4H. The number of carbonyl (C=O) groups is 3. The lowest BCUT2D eigenvalue weighted by Crippen LogP contribution is -2.42. The van der Waals surface area contributed by atoms with E-state index >= 15 is 4.39 Å². The van der Waals surface area contributed by atoms with Gasteiger partial charge in [0.15, 0.2) is 46.6 Å². The number of hydrogen-bond acceptors (Lipinski definition) is 16. The van der Waals surface area contributed by atoms with E-state index in [2.05, 4.69) is 52.1 Å². The quantitative estimate of drug-likeness (QED) is 0.0352. The van der Waals surface area contributed by atoms with Crippen molar-refractivity contribution < 1.29 is 65.5 Å². The van der Waals surface area contributed by atoms with Gasteiger partial charge < -0.3 is 44.6 Å². The van der Waals surface area contributed by atoms with Crippen LogP contribution in [0.25, 0.3) is 38.4 Å². The molecule has 0 aliphatic carbocycles. The van der Waals surface area contributed by atoms with Crippen molar-refractivity contribution in [3.8, 4) is 40.2 Å². The van der Waals surface area contributed by atoms with Gasteiger partial charge in [-0.1, -0.05) is 44.8 Å². The van der Waals surface area contributed by atoms with Crippen LogP contribution in [0.3, 0.4) is 0 Å². The summed E-state index contributed by atoms with van der Waals surface area (Å²) in [5, 5.41) is 15.2. The molecule has 0 aliphatic heterocycles. The lowest BCUT2D eigenvalue weighted by atomic mass is 9.97. The molecule has 0 spiro atoms. The molecule has 25 heteroatoms. The first-order valence-electron chi connectivity index (χ1n) is 27.8. The monoisotopic (exact) mass is 1400 g/mol. The van der Waals surface area contributed by atoms with E-state index < -0.39 is 57.9 Å². The first kappa shape index (κ1) is 68.4. The van der Waals surface area contributed by atoms with Gasteiger partial charge in [0.05, 0.1) is 76.0 Å². The minimum atomic E-state index is -1.16. The molecule has 478 valence electrons. The Morgan fingerprint density at radius 3 is 1.70 bits per heavy atom. The Morgan fingerprint density at radius 1 is 0.591 bits per heavy atom. The number of pyridine rings is 3. The first-order chi connectivity index (χ1) is 44.7. The number of aliphatic hydroxyl groups is 1. The highest BCUT2D eigenvalue weighted by Gasteiger charge is 2.24. The van der Waals surface area contributed by atoms with Crippen molar-refractivity contribution in [1.29, 1.82) is 0 Å². The molecule has 0 fully saturated rings. The SMILES string of the molecule is CCCn1cc(C(=O)Nc2ccc(C(=O)c3ccnc4cc(OC)c(OC)cc34)c(F)c2)c(=O)n(-c2ccc(F)cc2)c1=O.COc1cc2nccc(Br)c2cc1OC.COc1cc2nccc(C(O)c3ccc(N)cc3F)c2cc1OC.O=Cc1ccc(Br)cc1F. The van der Waals surface area contributed by atoms with E-state index in [0.29, 0.717) is 84.7 Å². The van der Waals surface area contributed by atoms with Crippen LogP contribution in [0.1, 0.15) is 67.2 Å². The van der Waals surface area contributed by atoms with E-state index in [1.54, 1.807) is 69.1 Å². The Bertz CT molecular complexity index is 4730. The number of ketones is 1. The zero-order valence-corrected chi connectivity index (χ0v) is 53.8. The molecule has 0 saturated heterocycles. The zero-order chi connectivity index (χ0) is 67.2. The molecular formula is C68H57Br2F4N7O12. The summed E-state index contributed by atoms with van der Waals surface area (Å²) < 4.78 is 90.8. The summed E-state index contributed by atoms with van der Waals surface area (Å²) in [5.74, 6) is -0.867. The maximum Gasteiger partial charge on any atom is 0.335 e. The fourth-order valence-corrected chi connectivity index (χ4v) is 10.2. The molecule has 7 aromatic carbocycles. The number of nitrogens with two attached hydrogens (primary N) is 1.